The first-order valence-electron chi connectivity index (χ1n) is 5.78. The summed E-state index contributed by atoms with van der Waals surface area (Å²) in [4.78, 5) is 11.9. The van der Waals surface area contributed by atoms with Gasteiger partial charge in [0, 0.05) is 17.8 Å². The van der Waals surface area contributed by atoms with Gasteiger partial charge in [0.05, 0.1) is 5.56 Å². The Morgan fingerprint density at radius 2 is 2.00 bits per heavy atom. The molecule has 5 heteroatoms. The summed E-state index contributed by atoms with van der Waals surface area (Å²) in [5, 5.41) is 2.76. The van der Waals surface area contributed by atoms with Gasteiger partial charge in [0.15, 0.2) is 11.6 Å². The van der Waals surface area contributed by atoms with Gasteiger partial charge < -0.3 is 11.1 Å². The quantitative estimate of drug-likeness (QED) is 0.627. The smallest absolute Gasteiger partial charge is 0.253 e. The summed E-state index contributed by atoms with van der Waals surface area (Å²) in [7, 11) is 0. The van der Waals surface area contributed by atoms with Crippen molar-refractivity contribution >= 4 is 11.6 Å². The summed E-state index contributed by atoms with van der Waals surface area (Å²) in [5.41, 5.74) is 5.43. The van der Waals surface area contributed by atoms with Crippen molar-refractivity contribution in [2.75, 3.05) is 5.73 Å². The molecule has 96 valence electrons. The van der Waals surface area contributed by atoms with Gasteiger partial charge in [-0.2, -0.15) is 0 Å². The molecule has 1 aliphatic rings. The molecule has 0 bridgehead atoms. The van der Waals surface area contributed by atoms with E-state index in [1.165, 1.54) is 0 Å². The molecule has 0 radical (unpaired) electrons. The molecule has 0 heterocycles. The third-order valence-electron chi connectivity index (χ3n) is 2.94. The van der Waals surface area contributed by atoms with Crippen LogP contribution in [0.5, 0.6) is 0 Å². The van der Waals surface area contributed by atoms with Gasteiger partial charge in [-0.15, -0.1) is 0 Å². The van der Waals surface area contributed by atoms with E-state index in [0.29, 0.717) is 0 Å². The minimum atomic E-state index is -1.07. The summed E-state index contributed by atoms with van der Waals surface area (Å²) in [6, 6.07) is 1.68. The first-order valence-corrected chi connectivity index (χ1v) is 5.78. The zero-order valence-corrected chi connectivity index (χ0v) is 9.75. The van der Waals surface area contributed by atoms with E-state index in [0.717, 1.165) is 31.4 Å². The number of rotatable bonds is 2. The van der Waals surface area contributed by atoms with E-state index in [2.05, 4.69) is 11.4 Å². The number of nitrogens with two attached hydrogens (primary N) is 1. The first-order chi connectivity index (χ1) is 8.58. The van der Waals surface area contributed by atoms with Crippen LogP contribution in [-0.2, 0) is 0 Å². The predicted molar refractivity (Wildman–Crippen MR) is 65.0 cm³/mol. The van der Waals surface area contributed by atoms with Gasteiger partial charge in [0.2, 0.25) is 0 Å². The molecule has 0 saturated heterocycles. The lowest BCUT2D eigenvalue weighted by Crippen LogP contribution is -2.35. The van der Waals surface area contributed by atoms with E-state index >= 15 is 0 Å². The molecule has 1 unspecified atom stereocenters. The second-order valence-electron chi connectivity index (χ2n) is 4.31. The van der Waals surface area contributed by atoms with Gasteiger partial charge in [-0.25, -0.2) is 8.78 Å². The highest BCUT2D eigenvalue weighted by Gasteiger charge is 2.18. The minimum Gasteiger partial charge on any atom is -0.398 e. The number of amides is 1. The average Bonchev–Trinajstić information content (AvgIpc) is 2.35. The Hall–Kier alpha value is -1.91. The Morgan fingerprint density at radius 3 is 2.67 bits per heavy atom. The maximum absolute atomic E-state index is 13.1. The Kier molecular flexibility index (Phi) is 3.60. The summed E-state index contributed by atoms with van der Waals surface area (Å²) >= 11 is 0. The average molecular weight is 252 g/mol. The SMILES string of the molecule is Nc1cc(F)c(F)cc1C(=O)NC1CC=CCC1. The van der Waals surface area contributed by atoms with E-state index in [4.69, 9.17) is 5.73 Å². The fourth-order valence-corrected chi connectivity index (χ4v) is 1.95. The summed E-state index contributed by atoms with van der Waals surface area (Å²) < 4.78 is 26.0. The highest BCUT2D eigenvalue weighted by Crippen LogP contribution is 2.18. The van der Waals surface area contributed by atoms with E-state index in [1.807, 2.05) is 6.08 Å². The van der Waals surface area contributed by atoms with E-state index < -0.39 is 17.5 Å². The van der Waals surface area contributed by atoms with Gasteiger partial charge in [-0.1, -0.05) is 12.2 Å². The number of nitrogen functional groups attached to an aromatic ring is 1. The zero-order chi connectivity index (χ0) is 13.1. The van der Waals surface area contributed by atoms with Crippen molar-refractivity contribution in [1.29, 1.82) is 0 Å². The Balaban J connectivity index is 2.13. The Labute approximate surface area is 104 Å². The van der Waals surface area contributed by atoms with Crippen molar-refractivity contribution in [1.82, 2.24) is 5.32 Å². The molecule has 1 aromatic rings. The van der Waals surface area contributed by atoms with Crippen LogP contribution in [0.1, 0.15) is 29.6 Å². The van der Waals surface area contributed by atoms with Gasteiger partial charge in [-0.3, -0.25) is 4.79 Å². The topological polar surface area (TPSA) is 55.1 Å². The normalized spacial score (nSPS) is 18.7. The highest BCUT2D eigenvalue weighted by atomic mass is 19.2. The molecule has 0 fully saturated rings. The Bertz CT molecular complexity index is 500. The van der Waals surface area contributed by atoms with Crippen LogP contribution in [0.3, 0.4) is 0 Å². The fraction of sp³-hybridized carbons (Fsp3) is 0.308. The number of hydrogen-bond donors (Lipinski definition) is 2. The predicted octanol–water partition coefficient (Wildman–Crippen LogP) is 2.39. The molecular weight excluding hydrogens is 238 g/mol. The van der Waals surface area contributed by atoms with Crippen LogP contribution in [0.4, 0.5) is 14.5 Å². The molecule has 3 N–H and O–H groups in total. The number of halogens is 2. The molecular formula is C13H14F2N2O. The molecule has 0 saturated carbocycles. The van der Waals surface area contributed by atoms with Crippen molar-refractivity contribution in [3.63, 3.8) is 0 Å². The number of allylic oxidation sites excluding steroid dienone is 1. The van der Waals surface area contributed by atoms with Gasteiger partial charge in [0.25, 0.3) is 5.91 Å². The number of carbonyl (C=O) groups excluding carboxylic acids is 1. The molecule has 1 aliphatic carbocycles. The maximum atomic E-state index is 13.1. The van der Waals surface area contributed by atoms with Gasteiger partial charge >= 0.3 is 0 Å². The number of carbonyl (C=O) groups is 1. The summed E-state index contributed by atoms with van der Waals surface area (Å²) in [6.45, 7) is 0. The van der Waals surface area contributed by atoms with Crippen molar-refractivity contribution in [2.24, 2.45) is 0 Å². The number of hydrogen-bond acceptors (Lipinski definition) is 2. The van der Waals surface area contributed by atoms with Crippen LogP contribution in [0.2, 0.25) is 0 Å². The molecule has 0 aromatic heterocycles. The molecule has 0 spiro atoms. The first kappa shape index (κ1) is 12.5. The second kappa shape index (κ2) is 5.16. The third kappa shape index (κ3) is 2.67. The molecule has 1 aromatic carbocycles. The molecule has 0 aliphatic heterocycles. The van der Waals surface area contributed by atoms with E-state index in [-0.39, 0.29) is 17.3 Å². The molecule has 18 heavy (non-hydrogen) atoms. The van der Waals surface area contributed by atoms with E-state index in [1.54, 1.807) is 0 Å². The van der Waals surface area contributed by atoms with Crippen LogP contribution in [0, 0.1) is 11.6 Å². The maximum Gasteiger partial charge on any atom is 0.253 e. The van der Waals surface area contributed by atoms with Crippen LogP contribution < -0.4 is 11.1 Å². The third-order valence-corrected chi connectivity index (χ3v) is 2.94. The molecule has 3 nitrogen and oxygen atoms in total. The van der Waals surface area contributed by atoms with Crippen LogP contribution in [0.25, 0.3) is 0 Å². The van der Waals surface area contributed by atoms with Crippen molar-refractivity contribution in [3.8, 4) is 0 Å². The van der Waals surface area contributed by atoms with Crippen molar-refractivity contribution < 1.29 is 13.6 Å². The largest absolute Gasteiger partial charge is 0.398 e. The highest BCUT2D eigenvalue weighted by molar-refractivity contribution is 5.99. The lowest BCUT2D eigenvalue weighted by Gasteiger charge is -2.19. The Morgan fingerprint density at radius 1 is 1.28 bits per heavy atom. The van der Waals surface area contributed by atoms with Crippen molar-refractivity contribution in [2.45, 2.75) is 25.3 Å². The standard InChI is InChI=1S/C13H14F2N2O/c14-10-6-9(12(16)7-11(10)15)13(18)17-8-4-2-1-3-5-8/h1-2,6-8H,3-5,16H2,(H,17,18). The van der Waals surface area contributed by atoms with Crippen molar-refractivity contribution in [3.05, 3.63) is 41.5 Å². The number of benzene rings is 1. The second-order valence-corrected chi connectivity index (χ2v) is 4.31. The lowest BCUT2D eigenvalue weighted by atomic mass is 10.0. The monoisotopic (exact) mass is 252 g/mol. The van der Waals surface area contributed by atoms with Crippen LogP contribution >= 0.6 is 0 Å². The molecule has 1 amide bonds. The summed E-state index contributed by atoms with van der Waals surface area (Å²) in [5.74, 6) is -2.59. The fourth-order valence-electron chi connectivity index (χ4n) is 1.95. The number of anilines is 1. The number of nitrogens with one attached hydrogen (secondary N) is 1. The van der Waals surface area contributed by atoms with E-state index in [9.17, 15) is 13.6 Å². The molecule has 2 rings (SSSR count). The van der Waals surface area contributed by atoms with Gasteiger partial charge in [-0.05, 0) is 25.3 Å². The van der Waals surface area contributed by atoms with Gasteiger partial charge in [0.1, 0.15) is 0 Å². The van der Waals surface area contributed by atoms with Crippen LogP contribution in [-0.4, -0.2) is 11.9 Å². The van der Waals surface area contributed by atoms with Crippen LogP contribution in [0.15, 0.2) is 24.3 Å². The minimum absolute atomic E-state index is 0.0232. The lowest BCUT2D eigenvalue weighted by molar-refractivity contribution is 0.0935. The molecule has 1 atom stereocenters. The zero-order valence-electron chi connectivity index (χ0n) is 9.75. The summed E-state index contributed by atoms with van der Waals surface area (Å²) in [6.07, 6.45) is 6.52.